The predicted molar refractivity (Wildman–Crippen MR) is 70.1 cm³/mol. The molecule has 2 rings (SSSR count). The zero-order chi connectivity index (χ0) is 14.0. The molecule has 1 heterocycles. The Morgan fingerprint density at radius 2 is 2.16 bits per heavy atom. The van der Waals surface area contributed by atoms with Crippen molar-refractivity contribution < 1.29 is 19.0 Å². The van der Waals surface area contributed by atoms with Crippen LogP contribution in [-0.2, 0) is 0 Å². The molecule has 0 saturated carbocycles. The van der Waals surface area contributed by atoms with E-state index in [9.17, 15) is 9.18 Å². The summed E-state index contributed by atoms with van der Waals surface area (Å²) in [6, 6.07) is 5.41. The molecule has 1 aromatic carbocycles. The van der Waals surface area contributed by atoms with Gasteiger partial charge >= 0.3 is 5.97 Å². The number of nitrogens with zero attached hydrogens (tertiary/aromatic N) is 1. The molecule has 0 fully saturated rings. The van der Waals surface area contributed by atoms with E-state index < -0.39 is 11.8 Å². The summed E-state index contributed by atoms with van der Waals surface area (Å²) in [5, 5.41) is 9.08. The highest BCUT2D eigenvalue weighted by Crippen LogP contribution is 2.28. The monoisotopic (exact) mass is 325 g/mol. The Balaban J connectivity index is 2.43. The lowest BCUT2D eigenvalue weighted by molar-refractivity contribution is 0.0693. The van der Waals surface area contributed by atoms with Crippen LogP contribution in [0.3, 0.4) is 0 Å². The Bertz CT molecular complexity index is 646. The first kappa shape index (κ1) is 13.5. The summed E-state index contributed by atoms with van der Waals surface area (Å²) in [5.74, 6) is -1.48. The smallest absolute Gasteiger partial charge is 0.341 e. The summed E-state index contributed by atoms with van der Waals surface area (Å²) in [4.78, 5) is 15.0. The van der Waals surface area contributed by atoms with E-state index in [4.69, 9.17) is 9.84 Å². The van der Waals surface area contributed by atoms with Gasteiger partial charge in [0.2, 0.25) is 5.88 Å². The van der Waals surface area contributed by atoms with Crippen molar-refractivity contribution in [3.63, 3.8) is 0 Å². The van der Waals surface area contributed by atoms with Crippen LogP contribution in [-0.4, -0.2) is 16.1 Å². The molecule has 1 aromatic heterocycles. The first-order valence-corrected chi connectivity index (χ1v) is 6.09. The Morgan fingerprint density at radius 3 is 2.84 bits per heavy atom. The molecular weight excluding hydrogens is 317 g/mol. The highest BCUT2D eigenvalue weighted by Gasteiger charge is 2.15. The minimum absolute atomic E-state index is 0.0793. The molecule has 0 spiro atoms. The normalized spacial score (nSPS) is 10.3. The molecule has 0 radical (unpaired) electrons. The summed E-state index contributed by atoms with van der Waals surface area (Å²) in [6.07, 6.45) is 1.41. The first-order chi connectivity index (χ1) is 8.97. The maximum Gasteiger partial charge on any atom is 0.341 e. The van der Waals surface area contributed by atoms with Gasteiger partial charge in [0.05, 0.1) is 0 Å². The molecule has 0 saturated heterocycles. The lowest BCUT2D eigenvalue weighted by atomic mass is 10.2. The number of aromatic nitrogens is 1. The second-order valence-corrected chi connectivity index (χ2v) is 4.74. The third-order valence-electron chi connectivity index (χ3n) is 2.41. The summed E-state index contributed by atoms with van der Waals surface area (Å²) in [7, 11) is 0. The Morgan fingerprint density at radius 1 is 1.42 bits per heavy atom. The molecule has 4 nitrogen and oxygen atoms in total. The highest BCUT2D eigenvalue weighted by atomic mass is 79.9. The Hall–Kier alpha value is -1.95. The largest absolute Gasteiger partial charge is 0.477 e. The van der Waals surface area contributed by atoms with Gasteiger partial charge in [-0.25, -0.2) is 14.2 Å². The third-order valence-corrected chi connectivity index (χ3v) is 2.84. The lowest BCUT2D eigenvalue weighted by Crippen LogP contribution is -2.02. The fourth-order valence-electron chi connectivity index (χ4n) is 1.45. The molecule has 2 aromatic rings. The number of aryl methyl sites for hydroxylation is 1. The number of hydrogen-bond acceptors (Lipinski definition) is 3. The highest BCUT2D eigenvalue weighted by molar-refractivity contribution is 9.10. The average molecular weight is 326 g/mol. The minimum Gasteiger partial charge on any atom is -0.477 e. The van der Waals surface area contributed by atoms with E-state index in [2.05, 4.69) is 20.9 Å². The van der Waals surface area contributed by atoms with Crippen molar-refractivity contribution in [3.05, 3.63) is 51.9 Å². The molecule has 0 unspecified atom stereocenters. The number of hydrogen-bond donors (Lipinski definition) is 1. The molecule has 0 amide bonds. The number of ether oxygens (including phenoxy) is 1. The van der Waals surface area contributed by atoms with Crippen LogP contribution < -0.4 is 4.74 Å². The standard InChI is InChI=1S/C13H9BrFNO3/c1-7-2-3-9(15)5-11(7)19-12-10(13(17)18)4-8(14)6-16-12/h2-6H,1H3,(H,17,18). The van der Waals surface area contributed by atoms with Gasteiger partial charge in [0.15, 0.2) is 0 Å². The van der Waals surface area contributed by atoms with Crippen molar-refractivity contribution >= 4 is 21.9 Å². The molecule has 98 valence electrons. The number of carboxylic acid groups (broad SMARTS) is 1. The zero-order valence-electron chi connectivity index (χ0n) is 9.85. The maximum absolute atomic E-state index is 13.1. The van der Waals surface area contributed by atoms with Crippen LogP contribution in [0.15, 0.2) is 34.9 Å². The lowest BCUT2D eigenvalue weighted by Gasteiger charge is -2.10. The number of rotatable bonds is 3. The number of carbonyl (C=O) groups is 1. The van der Waals surface area contributed by atoms with Crippen LogP contribution in [0.25, 0.3) is 0 Å². The van der Waals surface area contributed by atoms with Crippen molar-refractivity contribution in [3.8, 4) is 11.6 Å². The van der Waals surface area contributed by atoms with Crippen LogP contribution in [0.5, 0.6) is 11.6 Å². The van der Waals surface area contributed by atoms with Crippen LogP contribution in [0.4, 0.5) is 4.39 Å². The summed E-state index contributed by atoms with van der Waals surface area (Å²) in [6.45, 7) is 1.73. The number of pyridine rings is 1. The van der Waals surface area contributed by atoms with Gasteiger partial charge in [-0.1, -0.05) is 6.07 Å². The van der Waals surface area contributed by atoms with Gasteiger partial charge in [-0.15, -0.1) is 0 Å². The second-order valence-electron chi connectivity index (χ2n) is 3.82. The molecule has 0 aliphatic rings. The van der Waals surface area contributed by atoms with Gasteiger partial charge < -0.3 is 9.84 Å². The van der Waals surface area contributed by atoms with Crippen LogP contribution in [0.1, 0.15) is 15.9 Å². The van der Waals surface area contributed by atoms with E-state index in [0.29, 0.717) is 10.0 Å². The van der Waals surface area contributed by atoms with E-state index in [-0.39, 0.29) is 17.2 Å². The molecule has 0 atom stereocenters. The fraction of sp³-hybridized carbons (Fsp3) is 0.0769. The molecule has 6 heteroatoms. The van der Waals surface area contributed by atoms with Crippen molar-refractivity contribution in [1.29, 1.82) is 0 Å². The van der Waals surface area contributed by atoms with Crippen LogP contribution >= 0.6 is 15.9 Å². The van der Waals surface area contributed by atoms with Crippen LogP contribution in [0.2, 0.25) is 0 Å². The van der Waals surface area contributed by atoms with Gasteiger partial charge in [0.1, 0.15) is 17.1 Å². The quantitative estimate of drug-likeness (QED) is 0.932. The topological polar surface area (TPSA) is 59.4 Å². The van der Waals surface area contributed by atoms with E-state index in [1.165, 1.54) is 24.4 Å². The fourth-order valence-corrected chi connectivity index (χ4v) is 1.78. The van der Waals surface area contributed by atoms with E-state index in [0.717, 1.165) is 0 Å². The molecule has 19 heavy (non-hydrogen) atoms. The summed E-state index contributed by atoms with van der Waals surface area (Å²) >= 11 is 3.13. The number of halogens is 2. The molecule has 0 aliphatic carbocycles. The predicted octanol–water partition coefficient (Wildman–Crippen LogP) is 3.78. The average Bonchev–Trinajstić information content (AvgIpc) is 2.35. The van der Waals surface area contributed by atoms with Gasteiger partial charge in [0, 0.05) is 16.7 Å². The van der Waals surface area contributed by atoms with E-state index in [1.807, 2.05) is 0 Å². The first-order valence-electron chi connectivity index (χ1n) is 5.30. The van der Waals surface area contributed by atoms with E-state index >= 15 is 0 Å². The minimum atomic E-state index is -1.17. The molecular formula is C13H9BrFNO3. The number of benzene rings is 1. The summed E-state index contributed by atoms with van der Waals surface area (Å²) in [5.41, 5.74) is 0.584. The van der Waals surface area contributed by atoms with Gasteiger partial charge in [-0.2, -0.15) is 0 Å². The van der Waals surface area contributed by atoms with Crippen molar-refractivity contribution in [2.75, 3.05) is 0 Å². The number of carboxylic acids is 1. The van der Waals surface area contributed by atoms with E-state index in [1.54, 1.807) is 13.0 Å². The Labute approximate surface area is 117 Å². The Kier molecular flexibility index (Phi) is 3.80. The molecule has 0 bridgehead atoms. The maximum atomic E-state index is 13.1. The second kappa shape index (κ2) is 5.36. The number of aromatic carboxylic acids is 1. The molecule has 0 aliphatic heterocycles. The van der Waals surface area contributed by atoms with Crippen molar-refractivity contribution in [2.24, 2.45) is 0 Å². The van der Waals surface area contributed by atoms with Gasteiger partial charge in [-0.05, 0) is 40.5 Å². The summed E-state index contributed by atoms with van der Waals surface area (Å²) < 4.78 is 19.1. The van der Waals surface area contributed by atoms with Gasteiger partial charge in [-0.3, -0.25) is 0 Å². The zero-order valence-corrected chi connectivity index (χ0v) is 11.4. The van der Waals surface area contributed by atoms with Crippen molar-refractivity contribution in [1.82, 2.24) is 4.98 Å². The SMILES string of the molecule is Cc1ccc(F)cc1Oc1ncc(Br)cc1C(=O)O. The third kappa shape index (κ3) is 3.08. The van der Waals surface area contributed by atoms with Crippen LogP contribution in [0, 0.1) is 12.7 Å². The van der Waals surface area contributed by atoms with Crippen molar-refractivity contribution in [2.45, 2.75) is 6.92 Å². The molecule has 1 N–H and O–H groups in total. The van der Waals surface area contributed by atoms with Gasteiger partial charge in [0.25, 0.3) is 0 Å².